The Morgan fingerprint density at radius 3 is 2.45 bits per heavy atom. The molecule has 0 saturated heterocycles. The van der Waals surface area contributed by atoms with E-state index in [1.807, 2.05) is 30.3 Å². The van der Waals surface area contributed by atoms with Gasteiger partial charge in [-0.05, 0) is 48.4 Å². The topological polar surface area (TPSA) is 35.5 Å². The van der Waals surface area contributed by atoms with Crippen LogP contribution in [0.25, 0.3) is 6.08 Å². The van der Waals surface area contributed by atoms with Gasteiger partial charge in [-0.3, -0.25) is 4.79 Å². The molecule has 0 N–H and O–H groups in total. The van der Waals surface area contributed by atoms with Crippen molar-refractivity contribution in [1.82, 2.24) is 0 Å². The molecule has 3 nitrogen and oxygen atoms in total. The van der Waals surface area contributed by atoms with Crippen LogP contribution in [0.15, 0.2) is 48.5 Å². The Balaban J connectivity index is 2.29. The number of aryl methyl sites for hydroxylation is 1. The summed E-state index contributed by atoms with van der Waals surface area (Å²) in [5.41, 5.74) is 2.64. The van der Waals surface area contributed by atoms with Crippen molar-refractivity contribution in [1.29, 1.82) is 0 Å². The Bertz CT molecular complexity index is 687. The fourth-order valence-electron chi connectivity index (χ4n) is 2.24. The van der Waals surface area contributed by atoms with E-state index in [1.165, 1.54) is 5.56 Å². The SMILES string of the molecule is CCc1ccc(OC)c(C=CC(=O)c2ccccc2OC)c1. The number of allylic oxidation sites excluding steroid dienone is 1. The zero-order valence-electron chi connectivity index (χ0n) is 13.1. The molecule has 2 aromatic rings. The number of hydrogen-bond acceptors (Lipinski definition) is 3. The normalized spacial score (nSPS) is 10.7. The van der Waals surface area contributed by atoms with E-state index in [1.54, 1.807) is 38.5 Å². The highest BCUT2D eigenvalue weighted by atomic mass is 16.5. The maximum atomic E-state index is 12.3. The second kappa shape index (κ2) is 7.46. The molecule has 0 bridgehead atoms. The van der Waals surface area contributed by atoms with Gasteiger partial charge in [0, 0.05) is 5.56 Å². The van der Waals surface area contributed by atoms with Gasteiger partial charge >= 0.3 is 0 Å². The van der Waals surface area contributed by atoms with Crippen molar-refractivity contribution in [2.45, 2.75) is 13.3 Å². The predicted octanol–water partition coefficient (Wildman–Crippen LogP) is 4.16. The second-order valence-corrected chi connectivity index (χ2v) is 4.83. The van der Waals surface area contributed by atoms with E-state index in [9.17, 15) is 4.79 Å². The van der Waals surface area contributed by atoms with Crippen molar-refractivity contribution in [3.8, 4) is 11.5 Å². The first-order valence-corrected chi connectivity index (χ1v) is 7.22. The second-order valence-electron chi connectivity index (χ2n) is 4.83. The summed E-state index contributed by atoms with van der Waals surface area (Å²) < 4.78 is 10.6. The summed E-state index contributed by atoms with van der Waals surface area (Å²) in [5, 5.41) is 0. The largest absolute Gasteiger partial charge is 0.496 e. The molecule has 0 heterocycles. The highest BCUT2D eigenvalue weighted by Gasteiger charge is 2.09. The number of methoxy groups -OCH3 is 2. The van der Waals surface area contributed by atoms with Gasteiger partial charge in [-0.1, -0.05) is 25.1 Å². The van der Waals surface area contributed by atoms with Crippen molar-refractivity contribution in [2.24, 2.45) is 0 Å². The van der Waals surface area contributed by atoms with Gasteiger partial charge in [-0.15, -0.1) is 0 Å². The minimum Gasteiger partial charge on any atom is -0.496 e. The summed E-state index contributed by atoms with van der Waals surface area (Å²) >= 11 is 0. The van der Waals surface area contributed by atoms with Gasteiger partial charge in [0.2, 0.25) is 0 Å². The Kier molecular flexibility index (Phi) is 5.37. The van der Waals surface area contributed by atoms with Crippen LogP contribution < -0.4 is 9.47 Å². The monoisotopic (exact) mass is 296 g/mol. The van der Waals surface area contributed by atoms with E-state index in [0.29, 0.717) is 11.3 Å². The van der Waals surface area contributed by atoms with E-state index in [4.69, 9.17) is 9.47 Å². The Labute approximate surface area is 131 Å². The van der Waals surface area contributed by atoms with Gasteiger partial charge in [-0.25, -0.2) is 0 Å². The van der Waals surface area contributed by atoms with E-state index < -0.39 is 0 Å². The Hall–Kier alpha value is -2.55. The first kappa shape index (κ1) is 15.8. The molecule has 0 radical (unpaired) electrons. The average Bonchev–Trinajstić information content (AvgIpc) is 2.59. The molecule has 2 rings (SSSR count). The lowest BCUT2D eigenvalue weighted by atomic mass is 10.0. The molecule has 0 aliphatic carbocycles. The van der Waals surface area contributed by atoms with Gasteiger partial charge in [0.05, 0.1) is 19.8 Å². The minimum absolute atomic E-state index is 0.0959. The van der Waals surface area contributed by atoms with Gasteiger partial charge in [0.25, 0.3) is 0 Å². The first-order chi connectivity index (χ1) is 10.7. The number of carbonyl (C=O) groups excluding carboxylic acids is 1. The fourth-order valence-corrected chi connectivity index (χ4v) is 2.24. The maximum absolute atomic E-state index is 12.3. The Morgan fingerprint density at radius 2 is 1.77 bits per heavy atom. The quantitative estimate of drug-likeness (QED) is 0.593. The van der Waals surface area contributed by atoms with Crippen molar-refractivity contribution >= 4 is 11.9 Å². The third-order valence-electron chi connectivity index (χ3n) is 3.49. The van der Waals surface area contributed by atoms with Crippen molar-refractivity contribution in [2.75, 3.05) is 14.2 Å². The molecule has 0 amide bonds. The van der Waals surface area contributed by atoms with Crippen LogP contribution in [0, 0.1) is 0 Å². The number of carbonyl (C=O) groups is 1. The third kappa shape index (κ3) is 3.55. The molecule has 0 aliphatic rings. The lowest BCUT2D eigenvalue weighted by molar-refractivity contribution is 0.104. The highest BCUT2D eigenvalue weighted by Crippen LogP contribution is 2.23. The summed E-state index contributed by atoms with van der Waals surface area (Å²) in [4.78, 5) is 12.3. The lowest BCUT2D eigenvalue weighted by Crippen LogP contribution is -1.98. The summed E-state index contributed by atoms with van der Waals surface area (Å²) in [5.74, 6) is 1.23. The zero-order chi connectivity index (χ0) is 15.9. The summed E-state index contributed by atoms with van der Waals surface area (Å²) in [6, 6.07) is 13.2. The third-order valence-corrected chi connectivity index (χ3v) is 3.49. The van der Waals surface area contributed by atoms with Gasteiger partial charge in [0.1, 0.15) is 11.5 Å². The number of benzene rings is 2. The van der Waals surface area contributed by atoms with Crippen LogP contribution in [-0.2, 0) is 6.42 Å². The number of ether oxygens (including phenoxy) is 2. The molecule has 0 unspecified atom stereocenters. The van der Waals surface area contributed by atoms with Crippen molar-refractivity contribution in [3.63, 3.8) is 0 Å². The zero-order valence-corrected chi connectivity index (χ0v) is 13.1. The summed E-state index contributed by atoms with van der Waals surface area (Å²) in [6.07, 6.45) is 4.27. The van der Waals surface area contributed by atoms with E-state index in [0.717, 1.165) is 17.7 Å². The minimum atomic E-state index is -0.0959. The number of para-hydroxylation sites is 1. The summed E-state index contributed by atoms with van der Waals surface area (Å²) in [7, 11) is 3.18. The van der Waals surface area contributed by atoms with Crippen LogP contribution in [0.5, 0.6) is 11.5 Å². The van der Waals surface area contributed by atoms with E-state index >= 15 is 0 Å². The van der Waals surface area contributed by atoms with Gasteiger partial charge < -0.3 is 9.47 Å². The standard InChI is InChI=1S/C19H20O3/c1-4-14-9-12-18(21-2)15(13-14)10-11-17(20)16-7-5-6-8-19(16)22-3/h5-13H,4H2,1-3H3. The molecular weight excluding hydrogens is 276 g/mol. The molecule has 0 aromatic heterocycles. The average molecular weight is 296 g/mol. The smallest absolute Gasteiger partial charge is 0.189 e. The van der Waals surface area contributed by atoms with E-state index in [2.05, 4.69) is 6.92 Å². The van der Waals surface area contributed by atoms with E-state index in [-0.39, 0.29) is 5.78 Å². The molecule has 22 heavy (non-hydrogen) atoms. The number of rotatable bonds is 6. The molecular formula is C19H20O3. The van der Waals surface area contributed by atoms with Crippen LogP contribution in [0.3, 0.4) is 0 Å². The van der Waals surface area contributed by atoms with Gasteiger partial charge in [-0.2, -0.15) is 0 Å². The van der Waals surface area contributed by atoms with Crippen molar-refractivity contribution < 1.29 is 14.3 Å². The lowest BCUT2D eigenvalue weighted by Gasteiger charge is -2.07. The molecule has 114 valence electrons. The van der Waals surface area contributed by atoms with Crippen molar-refractivity contribution in [3.05, 3.63) is 65.2 Å². The number of hydrogen-bond donors (Lipinski definition) is 0. The van der Waals surface area contributed by atoms with Gasteiger partial charge in [0.15, 0.2) is 5.78 Å². The number of ketones is 1. The van der Waals surface area contributed by atoms with Crippen LogP contribution in [0.1, 0.15) is 28.4 Å². The molecule has 0 spiro atoms. The van der Waals surface area contributed by atoms with Crippen LogP contribution in [-0.4, -0.2) is 20.0 Å². The maximum Gasteiger partial charge on any atom is 0.189 e. The molecule has 0 atom stereocenters. The Morgan fingerprint density at radius 1 is 1.05 bits per heavy atom. The molecule has 3 heteroatoms. The highest BCUT2D eigenvalue weighted by molar-refractivity contribution is 6.08. The van der Waals surface area contributed by atoms with Crippen LogP contribution in [0.4, 0.5) is 0 Å². The molecule has 0 fully saturated rings. The molecule has 0 aliphatic heterocycles. The molecule has 0 saturated carbocycles. The van der Waals surface area contributed by atoms with Crippen LogP contribution >= 0.6 is 0 Å². The molecule has 2 aromatic carbocycles. The summed E-state index contributed by atoms with van der Waals surface area (Å²) in [6.45, 7) is 2.09. The van der Waals surface area contributed by atoms with Crippen LogP contribution in [0.2, 0.25) is 0 Å². The predicted molar refractivity (Wildman–Crippen MR) is 88.7 cm³/mol. The fraction of sp³-hybridized carbons (Fsp3) is 0.211. The first-order valence-electron chi connectivity index (χ1n) is 7.22.